The zero-order chi connectivity index (χ0) is 11.4. The first-order valence-electron chi connectivity index (χ1n) is 4.34. The zero-order valence-corrected chi connectivity index (χ0v) is 8.55. The van der Waals surface area contributed by atoms with Crippen molar-refractivity contribution in [3.63, 3.8) is 0 Å². The number of rotatable bonds is 4. The van der Waals surface area contributed by atoms with Crippen molar-refractivity contribution in [3.05, 3.63) is 34.9 Å². The Hall–Kier alpha value is -1.10. The summed E-state index contributed by atoms with van der Waals surface area (Å²) in [6.45, 7) is 0. The summed E-state index contributed by atoms with van der Waals surface area (Å²) in [4.78, 5) is 10.3. The molecule has 0 aliphatic carbocycles. The number of hydrogen-bond donors (Lipinski definition) is 3. The predicted octanol–water partition coefficient (Wildman–Crippen LogP) is 1.21. The number of benzene rings is 1. The summed E-state index contributed by atoms with van der Waals surface area (Å²) in [7, 11) is 0. The Balaban J connectivity index is 2.80. The molecule has 0 heterocycles. The lowest BCUT2D eigenvalue weighted by molar-refractivity contribution is -0.141. The van der Waals surface area contributed by atoms with Crippen molar-refractivity contribution in [3.8, 4) is 0 Å². The number of halogens is 1. The molecule has 3 N–H and O–H groups in total. The van der Waals surface area contributed by atoms with Gasteiger partial charge in [0.05, 0.1) is 12.5 Å². The number of carboxylic acids is 1. The van der Waals surface area contributed by atoms with E-state index in [4.69, 9.17) is 16.7 Å². The molecule has 0 aromatic heterocycles. The fourth-order valence-electron chi connectivity index (χ4n) is 1.21. The van der Waals surface area contributed by atoms with Gasteiger partial charge < -0.3 is 15.3 Å². The van der Waals surface area contributed by atoms with E-state index >= 15 is 0 Å². The van der Waals surface area contributed by atoms with Crippen molar-refractivity contribution in [2.45, 2.75) is 18.6 Å². The Morgan fingerprint density at radius 3 is 2.47 bits per heavy atom. The maximum atomic E-state index is 10.3. The van der Waals surface area contributed by atoms with E-state index in [2.05, 4.69) is 0 Å². The number of aliphatic carboxylic acids is 1. The van der Waals surface area contributed by atoms with Gasteiger partial charge >= 0.3 is 5.97 Å². The molecule has 0 aliphatic heterocycles. The predicted molar refractivity (Wildman–Crippen MR) is 54.7 cm³/mol. The summed E-state index contributed by atoms with van der Waals surface area (Å²) in [6.07, 6.45) is -3.16. The van der Waals surface area contributed by atoms with E-state index in [1.807, 2.05) is 0 Å². The zero-order valence-electron chi connectivity index (χ0n) is 7.80. The van der Waals surface area contributed by atoms with E-state index in [1.165, 1.54) is 6.07 Å². The van der Waals surface area contributed by atoms with Gasteiger partial charge in [0.1, 0.15) is 6.10 Å². The highest BCUT2D eigenvalue weighted by molar-refractivity contribution is 6.31. The Bertz CT molecular complexity index is 353. The number of aliphatic hydroxyl groups excluding tert-OH is 2. The van der Waals surface area contributed by atoms with Gasteiger partial charge in [-0.2, -0.15) is 0 Å². The van der Waals surface area contributed by atoms with Gasteiger partial charge in [0.2, 0.25) is 0 Å². The summed E-state index contributed by atoms with van der Waals surface area (Å²) in [5, 5.41) is 27.7. The normalized spacial score (nSPS) is 14.6. The minimum Gasteiger partial charge on any atom is -0.481 e. The summed E-state index contributed by atoms with van der Waals surface area (Å²) < 4.78 is 0. The van der Waals surface area contributed by atoms with Gasteiger partial charge in [-0.25, -0.2) is 0 Å². The van der Waals surface area contributed by atoms with Gasteiger partial charge in [-0.3, -0.25) is 4.79 Å². The number of carboxylic acid groups (broad SMARTS) is 1. The van der Waals surface area contributed by atoms with Gasteiger partial charge in [-0.05, 0) is 6.07 Å². The van der Waals surface area contributed by atoms with E-state index < -0.39 is 24.6 Å². The van der Waals surface area contributed by atoms with Crippen LogP contribution in [0.15, 0.2) is 24.3 Å². The van der Waals surface area contributed by atoms with Crippen LogP contribution in [0.3, 0.4) is 0 Å². The van der Waals surface area contributed by atoms with Crippen LogP contribution in [-0.4, -0.2) is 27.4 Å². The smallest absolute Gasteiger partial charge is 0.306 e. The standard InChI is InChI=1S/C10H11ClO4/c11-7-4-2-1-3-6(7)10(15)8(12)5-9(13)14/h1-4,8,10,12,15H,5H2,(H,13,14). The maximum absolute atomic E-state index is 10.3. The van der Waals surface area contributed by atoms with Crippen LogP contribution < -0.4 is 0 Å². The lowest BCUT2D eigenvalue weighted by Crippen LogP contribution is -2.21. The minimum absolute atomic E-state index is 0.300. The van der Waals surface area contributed by atoms with E-state index in [9.17, 15) is 15.0 Å². The molecule has 4 nitrogen and oxygen atoms in total. The molecule has 2 unspecified atom stereocenters. The molecule has 1 aromatic rings. The largest absolute Gasteiger partial charge is 0.481 e. The van der Waals surface area contributed by atoms with Crippen LogP contribution in [0.2, 0.25) is 5.02 Å². The van der Waals surface area contributed by atoms with Crippen LogP contribution in [0.5, 0.6) is 0 Å². The summed E-state index contributed by atoms with van der Waals surface area (Å²) >= 11 is 5.78. The van der Waals surface area contributed by atoms with Crippen LogP contribution >= 0.6 is 11.6 Å². The highest BCUT2D eigenvalue weighted by atomic mass is 35.5. The fourth-order valence-corrected chi connectivity index (χ4v) is 1.46. The quantitative estimate of drug-likeness (QED) is 0.727. The van der Waals surface area contributed by atoms with Gasteiger partial charge in [-0.15, -0.1) is 0 Å². The van der Waals surface area contributed by atoms with Crippen molar-refractivity contribution in [1.82, 2.24) is 0 Å². The Kier molecular flexibility index (Phi) is 4.08. The summed E-state index contributed by atoms with van der Waals surface area (Å²) in [6, 6.07) is 6.44. The Morgan fingerprint density at radius 1 is 1.33 bits per heavy atom. The SMILES string of the molecule is O=C(O)CC(O)C(O)c1ccccc1Cl. The lowest BCUT2D eigenvalue weighted by Gasteiger charge is -2.17. The molecular weight excluding hydrogens is 220 g/mol. The molecule has 0 spiro atoms. The number of aliphatic hydroxyl groups is 2. The molecule has 0 saturated heterocycles. The molecule has 0 bridgehead atoms. The number of hydrogen-bond acceptors (Lipinski definition) is 3. The highest BCUT2D eigenvalue weighted by Crippen LogP contribution is 2.25. The first-order chi connectivity index (χ1) is 7.02. The highest BCUT2D eigenvalue weighted by Gasteiger charge is 2.22. The molecule has 2 atom stereocenters. The summed E-state index contributed by atoms with van der Waals surface area (Å²) in [5.74, 6) is -1.17. The third-order valence-electron chi connectivity index (χ3n) is 1.97. The monoisotopic (exact) mass is 230 g/mol. The van der Waals surface area contributed by atoms with E-state index in [-0.39, 0.29) is 0 Å². The molecule has 0 fully saturated rings. The van der Waals surface area contributed by atoms with Crippen molar-refractivity contribution < 1.29 is 20.1 Å². The molecular formula is C10H11ClO4. The van der Waals surface area contributed by atoms with Gasteiger partial charge in [0, 0.05) is 10.6 Å². The van der Waals surface area contributed by atoms with Crippen molar-refractivity contribution in [2.24, 2.45) is 0 Å². The van der Waals surface area contributed by atoms with Crippen molar-refractivity contribution >= 4 is 17.6 Å². The second kappa shape index (κ2) is 5.11. The molecule has 15 heavy (non-hydrogen) atoms. The van der Waals surface area contributed by atoms with Gasteiger partial charge in [-0.1, -0.05) is 29.8 Å². The molecule has 0 radical (unpaired) electrons. The van der Waals surface area contributed by atoms with Crippen molar-refractivity contribution in [1.29, 1.82) is 0 Å². The van der Waals surface area contributed by atoms with E-state index in [1.54, 1.807) is 18.2 Å². The van der Waals surface area contributed by atoms with Crippen LogP contribution in [0.1, 0.15) is 18.1 Å². The van der Waals surface area contributed by atoms with Crippen LogP contribution in [0.4, 0.5) is 0 Å². The molecule has 0 amide bonds. The third-order valence-corrected chi connectivity index (χ3v) is 2.32. The van der Waals surface area contributed by atoms with Crippen LogP contribution in [0, 0.1) is 0 Å². The summed E-state index contributed by atoms with van der Waals surface area (Å²) in [5.41, 5.74) is 0.327. The molecule has 0 aliphatic rings. The van der Waals surface area contributed by atoms with E-state index in [0.29, 0.717) is 10.6 Å². The van der Waals surface area contributed by atoms with Gasteiger partial charge in [0.25, 0.3) is 0 Å². The molecule has 5 heteroatoms. The first kappa shape index (κ1) is 12.0. The number of carbonyl (C=O) groups is 1. The molecule has 0 saturated carbocycles. The molecule has 1 aromatic carbocycles. The fraction of sp³-hybridized carbons (Fsp3) is 0.300. The molecule has 1 rings (SSSR count). The molecule has 82 valence electrons. The first-order valence-corrected chi connectivity index (χ1v) is 4.72. The Morgan fingerprint density at radius 2 is 1.93 bits per heavy atom. The van der Waals surface area contributed by atoms with Crippen LogP contribution in [0.25, 0.3) is 0 Å². The third kappa shape index (κ3) is 3.20. The Labute approximate surface area is 91.7 Å². The lowest BCUT2D eigenvalue weighted by atomic mass is 10.0. The second-order valence-corrected chi connectivity index (χ2v) is 3.54. The van der Waals surface area contributed by atoms with E-state index in [0.717, 1.165) is 0 Å². The topological polar surface area (TPSA) is 77.8 Å². The van der Waals surface area contributed by atoms with Crippen molar-refractivity contribution in [2.75, 3.05) is 0 Å². The second-order valence-electron chi connectivity index (χ2n) is 3.13. The van der Waals surface area contributed by atoms with Crippen LogP contribution in [-0.2, 0) is 4.79 Å². The average Bonchev–Trinajstić information content (AvgIpc) is 2.16. The van der Waals surface area contributed by atoms with Gasteiger partial charge in [0.15, 0.2) is 0 Å². The minimum atomic E-state index is -1.36. The average molecular weight is 231 g/mol. The maximum Gasteiger partial charge on any atom is 0.306 e.